The number of anilines is 2. The molecule has 0 amide bonds. The quantitative estimate of drug-likeness (QED) is 0.511. The molecule has 150 valence electrons. The maximum atomic E-state index is 13.3. The molecule has 0 aliphatic heterocycles. The van der Waals surface area contributed by atoms with Crippen LogP contribution in [0.3, 0.4) is 0 Å². The van der Waals surface area contributed by atoms with E-state index in [1.165, 1.54) is 18.3 Å². The van der Waals surface area contributed by atoms with E-state index in [4.69, 9.17) is 0 Å². The molecule has 1 saturated carbocycles. The van der Waals surface area contributed by atoms with E-state index >= 15 is 0 Å². The van der Waals surface area contributed by atoms with Crippen LogP contribution in [-0.2, 0) is 6.42 Å². The first-order valence-corrected chi connectivity index (χ1v) is 9.59. The average molecular weight is 394 g/mol. The summed E-state index contributed by atoms with van der Waals surface area (Å²) in [6.07, 6.45) is 4.33. The van der Waals surface area contributed by atoms with Crippen LogP contribution >= 0.6 is 0 Å². The summed E-state index contributed by atoms with van der Waals surface area (Å²) in [6.45, 7) is 4.56. The molecule has 2 atom stereocenters. The minimum absolute atomic E-state index is 0.0407. The molecular weight excluding hydrogens is 371 g/mol. The van der Waals surface area contributed by atoms with Crippen molar-refractivity contribution in [2.75, 3.05) is 17.2 Å². The molecular formula is C21H23FN6O. The molecule has 1 aliphatic rings. The van der Waals surface area contributed by atoms with Crippen LogP contribution in [0.2, 0.25) is 0 Å². The first-order valence-electron chi connectivity index (χ1n) is 9.59. The van der Waals surface area contributed by atoms with Gasteiger partial charge >= 0.3 is 0 Å². The van der Waals surface area contributed by atoms with E-state index in [0.717, 1.165) is 16.5 Å². The van der Waals surface area contributed by atoms with Crippen LogP contribution in [-0.4, -0.2) is 38.7 Å². The minimum atomic E-state index is -0.366. The van der Waals surface area contributed by atoms with Gasteiger partial charge in [0.2, 0.25) is 5.95 Å². The Kier molecular flexibility index (Phi) is 4.84. The molecule has 8 heteroatoms. The van der Waals surface area contributed by atoms with Crippen molar-refractivity contribution < 1.29 is 9.50 Å². The van der Waals surface area contributed by atoms with Gasteiger partial charge in [0.25, 0.3) is 0 Å². The van der Waals surface area contributed by atoms with E-state index in [1.54, 1.807) is 6.07 Å². The van der Waals surface area contributed by atoms with Gasteiger partial charge in [0.1, 0.15) is 23.3 Å². The number of rotatable bonds is 6. The van der Waals surface area contributed by atoms with Crippen LogP contribution in [0.4, 0.5) is 16.2 Å². The Morgan fingerprint density at radius 3 is 2.97 bits per heavy atom. The lowest BCUT2D eigenvalue weighted by atomic mass is 9.64. The molecule has 0 spiro atoms. The number of hydrogen-bond donors (Lipinski definition) is 4. The van der Waals surface area contributed by atoms with Gasteiger partial charge in [-0.3, -0.25) is 0 Å². The predicted octanol–water partition coefficient (Wildman–Crippen LogP) is 3.19. The summed E-state index contributed by atoms with van der Waals surface area (Å²) in [5.74, 6) is 0.629. The van der Waals surface area contributed by atoms with Gasteiger partial charge in [0.15, 0.2) is 0 Å². The zero-order chi connectivity index (χ0) is 20.6. The lowest BCUT2D eigenvalue weighted by molar-refractivity contribution is -0.0511. The highest BCUT2D eigenvalue weighted by atomic mass is 19.1. The van der Waals surface area contributed by atoms with Crippen LogP contribution in [0, 0.1) is 22.6 Å². The molecule has 7 nitrogen and oxygen atoms in total. The highest BCUT2D eigenvalue weighted by molar-refractivity contribution is 5.83. The largest absolute Gasteiger partial charge is 0.392 e. The number of H-pyrrole nitrogens is 1. The van der Waals surface area contributed by atoms with Gasteiger partial charge in [-0.2, -0.15) is 10.2 Å². The average Bonchev–Trinajstić information content (AvgIpc) is 3.10. The number of aromatic nitrogens is 3. The normalized spacial score (nSPS) is 20.1. The maximum absolute atomic E-state index is 13.3. The van der Waals surface area contributed by atoms with Gasteiger partial charge in [0, 0.05) is 35.1 Å². The van der Waals surface area contributed by atoms with Crippen molar-refractivity contribution >= 4 is 22.7 Å². The molecule has 2 aromatic heterocycles. The second-order valence-corrected chi connectivity index (χ2v) is 8.02. The SMILES string of the molecule is CC1(C)C(Nc2nc(NCCc3c[nH]c4cc(F)ccc34)ncc2C#N)C[C@@H]1O. The summed E-state index contributed by atoms with van der Waals surface area (Å²) in [4.78, 5) is 11.7. The van der Waals surface area contributed by atoms with Crippen molar-refractivity contribution in [3.8, 4) is 6.07 Å². The van der Waals surface area contributed by atoms with Crippen molar-refractivity contribution in [3.63, 3.8) is 0 Å². The molecule has 29 heavy (non-hydrogen) atoms. The van der Waals surface area contributed by atoms with Crippen LogP contribution in [0.1, 0.15) is 31.4 Å². The number of halogens is 1. The number of nitriles is 1. The number of nitrogens with zero attached hydrogens (tertiary/aromatic N) is 3. The van der Waals surface area contributed by atoms with Crippen molar-refractivity contribution in [2.45, 2.75) is 38.8 Å². The highest BCUT2D eigenvalue weighted by Crippen LogP contribution is 2.42. The topological polar surface area (TPSA) is 110 Å². The van der Waals surface area contributed by atoms with Gasteiger partial charge in [-0.05, 0) is 36.6 Å². The minimum Gasteiger partial charge on any atom is -0.392 e. The first-order chi connectivity index (χ1) is 13.9. The van der Waals surface area contributed by atoms with Crippen molar-refractivity contribution in [1.82, 2.24) is 15.0 Å². The van der Waals surface area contributed by atoms with E-state index in [0.29, 0.717) is 36.7 Å². The summed E-state index contributed by atoms with van der Waals surface area (Å²) in [7, 11) is 0. The fourth-order valence-corrected chi connectivity index (χ4v) is 3.65. The Balaban J connectivity index is 1.43. The highest BCUT2D eigenvalue weighted by Gasteiger charge is 2.47. The summed E-state index contributed by atoms with van der Waals surface area (Å²) in [6, 6.07) is 6.85. The summed E-state index contributed by atoms with van der Waals surface area (Å²) in [5.41, 5.74) is 1.93. The molecule has 2 heterocycles. The second kappa shape index (κ2) is 7.33. The number of aromatic amines is 1. The molecule has 4 rings (SSSR count). The lowest BCUT2D eigenvalue weighted by Gasteiger charge is -2.49. The zero-order valence-electron chi connectivity index (χ0n) is 16.3. The molecule has 0 bridgehead atoms. The van der Waals surface area contributed by atoms with Crippen LogP contribution in [0.5, 0.6) is 0 Å². The maximum Gasteiger partial charge on any atom is 0.224 e. The van der Waals surface area contributed by atoms with Gasteiger partial charge in [-0.15, -0.1) is 0 Å². The van der Waals surface area contributed by atoms with E-state index in [2.05, 4.69) is 31.7 Å². The fourth-order valence-electron chi connectivity index (χ4n) is 3.65. The monoisotopic (exact) mass is 394 g/mol. The van der Waals surface area contributed by atoms with E-state index in [-0.39, 0.29) is 23.4 Å². The number of hydrogen-bond acceptors (Lipinski definition) is 6. The molecule has 1 unspecified atom stereocenters. The third-order valence-electron chi connectivity index (χ3n) is 5.84. The Labute approximate surface area is 168 Å². The predicted molar refractivity (Wildman–Crippen MR) is 109 cm³/mol. The van der Waals surface area contributed by atoms with Crippen LogP contribution in [0.15, 0.2) is 30.6 Å². The van der Waals surface area contributed by atoms with Crippen molar-refractivity contribution in [2.24, 2.45) is 5.41 Å². The molecule has 3 aromatic rings. The zero-order valence-corrected chi connectivity index (χ0v) is 16.3. The molecule has 0 radical (unpaired) electrons. The third kappa shape index (κ3) is 3.61. The molecule has 0 saturated heterocycles. The Morgan fingerprint density at radius 2 is 2.24 bits per heavy atom. The number of aliphatic hydroxyl groups is 1. The van der Waals surface area contributed by atoms with E-state index in [9.17, 15) is 14.8 Å². The van der Waals surface area contributed by atoms with Gasteiger partial charge < -0.3 is 20.7 Å². The second-order valence-electron chi connectivity index (χ2n) is 8.02. The Bertz CT molecular complexity index is 1090. The smallest absolute Gasteiger partial charge is 0.224 e. The molecule has 1 aromatic carbocycles. The van der Waals surface area contributed by atoms with Crippen molar-refractivity contribution in [1.29, 1.82) is 5.26 Å². The summed E-state index contributed by atoms with van der Waals surface area (Å²) >= 11 is 0. The van der Waals surface area contributed by atoms with Gasteiger partial charge in [-0.1, -0.05) is 13.8 Å². The first kappa shape index (κ1) is 19.2. The van der Waals surface area contributed by atoms with Gasteiger partial charge in [0.05, 0.1) is 12.3 Å². The van der Waals surface area contributed by atoms with Crippen molar-refractivity contribution in [3.05, 3.63) is 47.5 Å². The number of benzene rings is 1. The summed E-state index contributed by atoms with van der Waals surface area (Å²) in [5, 5.41) is 26.7. The van der Waals surface area contributed by atoms with Crippen LogP contribution < -0.4 is 10.6 Å². The number of fused-ring (bicyclic) bond motifs is 1. The molecule has 1 fully saturated rings. The number of nitrogens with one attached hydrogen (secondary N) is 3. The molecule has 1 aliphatic carbocycles. The Morgan fingerprint density at radius 1 is 1.41 bits per heavy atom. The fraction of sp³-hybridized carbons (Fsp3) is 0.381. The van der Waals surface area contributed by atoms with E-state index in [1.807, 2.05) is 20.0 Å². The molecule has 4 N–H and O–H groups in total. The standard InChI is InChI=1S/C21H23FN6O/c1-21(2)17(8-18(21)29)27-19-13(9-23)11-26-20(28-19)24-6-5-12-10-25-16-7-14(22)3-4-15(12)16/h3-4,7,10-11,17-18,25,29H,5-6,8H2,1-2H3,(H2,24,26,27,28)/t17?,18-/m0/s1. The summed E-state index contributed by atoms with van der Waals surface area (Å²) < 4.78 is 13.3. The Hall–Kier alpha value is -3.18. The third-order valence-corrected chi connectivity index (χ3v) is 5.84. The lowest BCUT2D eigenvalue weighted by Crippen LogP contribution is -2.57. The number of aliphatic hydroxyl groups excluding tert-OH is 1. The van der Waals surface area contributed by atoms with E-state index < -0.39 is 0 Å². The van der Waals surface area contributed by atoms with Crippen LogP contribution in [0.25, 0.3) is 10.9 Å². The van der Waals surface area contributed by atoms with Gasteiger partial charge in [-0.25, -0.2) is 9.37 Å².